The second kappa shape index (κ2) is 4.82. The van der Waals surface area contributed by atoms with E-state index < -0.39 is 5.91 Å². The topological polar surface area (TPSA) is 46.6 Å². The molecule has 1 aromatic rings. The number of hydrogen-bond donors (Lipinski definition) is 0. The van der Waals surface area contributed by atoms with E-state index in [2.05, 4.69) is 0 Å². The molecule has 1 aromatic carbocycles. The summed E-state index contributed by atoms with van der Waals surface area (Å²) in [5.41, 5.74) is 1.15. The number of ether oxygens (including phenoxy) is 1. The highest BCUT2D eigenvalue weighted by atomic mass is 35.5. The van der Waals surface area contributed by atoms with Crippen LogP contribution in [-0.4, -0.2) is 23.8 Å². The molecule has 1 aliphatic heterocycles. The van der Waals surface area contributed by atoms with Gasteiger partial charge in [0.2, 0.25) is 0 Å². The van der Waals surface area contributed by atoms with Gasteiger partial charge >= 0.3 is 0 Å². The fourth-order valence-electron chi connectivity index (χ4n) is 1.72. The van der Waals surface area contributed by atoms with Crippen molar-refractivity contribution in [1.82, 2.24) is 4.90 Å². The lowest BCUT2D eigenvalue weighted by Crippen LogP contribution is -2.30. The molecule has 0 saturated heterocycles. The Morgan fingerprint density at radius 1 is 1.17 bits per heavy atom. The Bertz CT molecular complexity index is 510. The molecule has 0 bridgehead atoms. The monoisotopic (exact) mass is 265 g/mol. The number of imide groups is 1. The van der Waals surface area contributed by atoms with E-state index in [1.807, 2.05) is 0 Å². The maximum atomic E-state index is 11.8. The lowest BCUT2D eigenvalue weighted by atomic mass is 10.2. The van der Waals surface area contributed by atoms with Crippen LogP contribution >= 0.6 is 11.6 Å². The largest absolute Gasteiger partial charge is 0.497 e. The maximum Gasteiger partial charge on any atom is 0.273 e. The number of halogens is 1. The van der Waals surface area contributed by atoms with Gasteiger partial charge in [0.25, 0.3) is 11.8 Å². The zero-order valence-corrected chi connectivity index (χ0v) is 10.8. The van der Waals surface area contributed by atoms with Gasteiger partial charge in [0.05, 0.1) is 13.7 Å². The van der Waals surface area contributed by atoms with Gasteiger partial charge in [-0.05, 0) is 24.6 Å². The summed E-state index contributed by atoms with van der Waals surface area (Å²) < 4.78 is 5.04. The van der Waals surface area contributed by atoms with Crippen molar-refractivity contribution in [2.45, 2.75) is 13.5 Å². The van der Waals surface area contributed by atoms with E-state index in [0.29, 0.717) is 5.57 Å². The molecular weight excluding hydrogens is 254 g/mol. The number of amides is 2. The van der Waals surface area contributed by atoms with E-state index in [4.69, 9.17) is 16.3 Å². The van der Waals surface area contributed by atoms with Gasteiger partial charge in [0.1, 0.15) is 10.8 Å². The standard InChI is InChI=1S/C13H12ClNO3/c1-8-11(14)13(17)15(12(8)16)7-9-3-5-10(18-2)6-4-9/h3-6H,7H2,1-2H3. The maximum absolute atomic E-state index is 11.8. The summed E-state index contributed by atoms with van der Waals surface area (Å²) in [6, 6.07) is 7.17. The smallest absolute Gasteiger partial charge is 0.273 e. The van der Waals surface area contributed by atoms with Crippen molar-refractivity contribution in [2.75, 3.05) is 7.11 Å². The zero-order valence-electron chi connectivity index (χ0n) is 10.1. The second-order valence-corrected chi connectivity index (χ2v) is 4.36. The van der Waals surface area contributed by atoms with E-state index in [-0.39, 0.29) is 17.5 Å². The molecule has 0 radical (unpaired) electrons. The van der Waals surface area contributed by atoms with Crippen molar-refractivity contribution < 1.29 is 14.3 Å². The number of methoxy groups -OCH3 is 1. The van der Waals surface area contributed by atoms with E-state index in [1.54, 1.807) is 38.3 Å². The molecule has 0 N–H and O–H groups in total. The summed E-state index contributed by atoms with van der Waals surface area (Å²) in [4.78, 5) is 24.7. The highest BCUT2D eigenvalue weighted by molar-refractivity contribution is 6.47. The van der Waals surface area contributed by atoms with E-state index in [9.17, 15) is 9.59 Å². The SMILES string of the molecule is COc1ccc(CN2C(=O)C(C)=C(Cl)C2=O)cc1. The fraction of sp³-hybridized carbons (Fsp3) is 0.231. The van der Waals surface area contributed by atoms with E-state index >= 15 is 0 Å². The average Bonchev–Trinajstić information content (AvgIpc) is 2.57. The van der Waals surface area contributed by atoms with Crippen molar-refractivity contribution in [2.24, 2.45) is 0 Å². The molecular formula is C13H12ClNO3. The Labute approximate surface area is 110 Å². The normalized spacial score (nSPS) is 15.6. The minimum Gasteiger partial charge on any atom is -0.497 e. The van der Waals surface area contributed by atoms with Gasteiger partial charge in [-0.2, -0.15) is 0 Å². The van der Waals surface area contributed by atoms with Crippen LogP contribution in [0.5, 0.6) is 5.75 Å². The van der Waals surface area contributed by atoms with Crippen molar-refractivity contribution in [1.29, 1.82) is 0 Å². The summed E-state index contributed by atoms with van der Waals surface area (Å²) >= 11 is 5.76. The Balaban J connectivity index is 2.16. The Morgan fingerprint density at radius 2 is 1.78 bits per heavy atom. The number of carbonyl (C=O) groups excluding carboxylic acids is 2. The molecule has 0 aromatic heterocycles. The van der Waals surface area contributed by atoms with Crippen LogP contribution in [0.25, 0.3) is 0 Å². The minimum atomic E-state index is -0.435. The number of hydrogen-bond acceptors (Lipinski definition) is 3. The number of rotatable bonds is 3. The molecule has 4 nitrogen and oxygen atoms in total. The molecule has 0 saturated carbocycles. The van der Waals surface area contributed by atoms with E-state index in [1.165, 1.54) is 0 Å². The molecule has 0 unspecified atom stereocenters. The van der Waals surface area contributed by atoms with Crippen molar-refractivity contribution >= 4 is 23.4 Å². The molecule has 0 atom stereocenters. The van der Waals surface area contributed by atoms with Gasteiger partial charge in [-0.1, -0.05) is 23.7 Å². The quantitative estimate of drug-likeness (QED) is 0.786. The second-order valence-electron chi connectivity index (χ2n) is 3.98. The van der Waals surface area contributed by atoms with Gasteiger partial charge in [-0.15, -0.1) is 0 Å². The van der Waals surface area contributed by atoms with Crippen LogP contribution in [0.3, 0.4) is 0 Å². The van der Waals surface area contributed by atoms with Gasteiger partial charge in [-0.25, -0.2) is 0 Å². The first-order chi connectivity index (χ1) is 8.54. The minimum absolute atomic E-state index is 0.00788. The van der Waals surface area contributed by atoms with Crippen LogP contribution in [0.15, 0.2) is 34.9 Å². The summed E-state index contributed by atoms with van der Waals surface area (Å²) in [6.07, 6.45) is 0. The van der Waals surface area contributed by atoms with Crippen LogP contribution in [-0.2, 0) is 16.1 Å². The van der Waals surface area contributed by atoms with Crippen molar-refractivity contribution in [3.8, 4) is 5.75 Å². The van der Waals surface area contributed by atoms with Gasteiger partial charge < -0.3 is 4.74 Å². The number of nitrogens with zero attached hydrogens (tertiary/aromatic N) is 1. The summed E-state index contributed by atoms with van der Waals surface area (Å²) in [7, 11) is 1.58. The highest BCUT2D eigenvalue weighted by Gasteiger charge is 2.34. The van der Waals surface area contributed by atoms with Gasteiger partial charge in [0.15, 0.2) is 0 Å². The zero-order chi connectivity index (χ0) is 13.3. The third-order valence-electron chi connectivity index (χ3n) is 2.83. The highest BCUT2D eigenvalue weighted by Crippen LogP contribution is 2.25. The first kappa shape index (κ1) is 12.6. The predicted octanol–water partition coefficient (Wildman–Crippen LogP) is 2.08. The molecule has 0 fully saturated rings. The van der Waals surface area contributed by atoms with Crippen LogP contribution in [0.1, 0.15) is 12.5 Å². The predicted molar refractivity (Wildman–Crippen MR) is 67.1 cm³/mol. The molecule has 2 rings (SSSR count). The summed E-state index contributed by atoms with van der Waals surface area (Å²) in [6.45, 7) is 1.77. The van der Waals surface area contributed by atoms with Crippen LogP contribution < -0.4 is 4.74 Å². The number of carbonyl (C=O) groups is 2. The molecule has 0 aliphatic carbocycles. The molecule has 0 spiro atoms. The molecule has 1 aliphatic rings. The molecule has 2 amide bonds. The van der Waals surface area contributed by atoms with Crippen LogP contribution in [0.2, 0.25) is 0 Å². The van der Waals surface area contributed by atoms with Crippen molar-refractivity contribution in [3.63, 3.8) is 0 Å². The molecule has 94 valence electrons. The third-order valence-corrected chi connectivity index (χ3v) is 3.27. The summed E-state index contributed by atoms with van der Waals surface area (Å²) in [5, 5.41) is 0.00788. The first-order valence-corrected chi connectivity index (χ1v) is 5.78. The average molecular weight is 266 g/mol. The fourth-order valence-corrected chi connectivity index (χ4v) is 1.91. The Morgan fingerprint density at radius 3 is 2.22 bits per heavy atom. The molecule has 18 heavy (non-hydrogen) atoms. The van der Waals surface area contributed by atoms with Gasteiger partial charge in [-0.3, -0.25) is 14.5 Å². The van der Waals surface area contributed by atoms with Crippen LogP contribution in [0, 0.1) is 0 Å². The number of benzene rings is 1. The third kappa shape index (κ3) is 2.11. The molecule has 1 heterocycles. The Kier molecular flexibility index (Phi) is 3.39. The Hall–Kier alpha value is -1.81. The first-order valence-electron chi connectivity index (χ1n) is 5.40. The molecule has 5 heteroatoms. The lowest BCUT2D eigenvalue weighted by molar-refractivity contribution is -0.138. The van der Waals surface area contributed by atoms with E-state index in [0.717, 1.165) is 16.2 Å². The lowest BCUT2D eigenvalue weighted by Gasteiger charge is -2.14. The van der Waals surface area contributed by atoms with Crippen molar-refractivity contribution in [3.05, 3.63) is 40.4 Å². The van der Waals surface area contributed by atoms with Crippen LogP contribution in [0.4, 0.5) is 0 Å². The van der Waals surface area contributed by atoms with Gasteiger partial charge in [0, 0.05) is 5.57 Å². The summed E-state index contributed by atoms with van der Waals surface area (Å²) in [5.74, 6) is -0.0408.